The molecule has 2 aromatic heterocycles. The average molecular weight is 681 g/mol. The molecule has 0 aliphatic carbocycles. The molecule has 53 heavy (non-hydrogen) atoms. The zero-order chi connectivity index (χ0) is 35.1. The van der Waals surface area contributed by atoms with Crippen LogP contribution in [-0.4, -0.2) is 4.98 Å². The van der Waals surface area contributed by atoms with E-state index in [4.69, 9.17) is 13.8 Å². The minimum atomic E-state index is 0.603. The van der Waals surface area contributed by atoms with Gasteiger partial charge in [0.2, 0.25) is 5.89 Å². The van der Waals surface area contributed by atoms with Crippen LogP contribution in [0.2, 0.25) is 0 Å². The van der Waals surface area contributed by atoms with E-state index in [1.807, 2.05) is 48.5 Å². The number of aromatic nitrogens is 1. The molecule has 0 radical (unpaired) electrons. The van der Waals surface area contributed by atoms with Gasteiger partial charge in [-0.1, -0.05) is 133 Å². The number of furan rings is 1. The molecule has 0 saturated carbocycles. The zero-order valence-electron chi connectivity index (χ0n) is 28.7. The molecule has 0 spiro atoms. The Morgan fingerprint density at radius 2 is 0.849 bits per heavy atom. The molecule has 10 rings (SSSR count). The predicted octanol–water partition coefficient (Wildman–Crippen LogP) is 13.9. The van der Waals surface area contributed by atoms with Crippen molar-refractivity contribution in [1.29, 1.82) is 0 Å². The van der Waals surface area contributed by atoms with Gasteiger partial charge in [0.25, 0.3) is 0 Å². The summed E-state index contributed by atoms with van der Waals surface area (Å²) in [5.41, 5.74) is 14.2. The first-order valence-corrected chi connectivity index (χ1v) is 17.8. The van der Waals surface area contributed by atoms with Gasteiger partial charge in [-0.2, -0.15) is 0 Å². The van der Waals surface area contributed by atoms with Crippen molar-refractivity contribution >= 4 is 50.1 Å². The number of hydrogen-bond acceptors (Lipinski definition) is 4. The number of rotatable bonds is 7. The van der Waals surface area contributed by atoms with Crippen molar-refractivity contribution in [3.05, 3.63) is 194 Å². The summed E-state index contributed by atoms with van der Waals surface area (Å²) in [7, 11) is 0. The lowest BCUT2D eigenvalue weighted by molar-refractivity contribution is 0.617. The summed E-state index contributed by atoms with van der Waals surface area (Å²) in [5.74, 6) is 0.603. The van der Waals surface area contributed by atoms with Crippen LogP contribution in [0.1, 0.15) is 0 Å². The van der Waals surface area contributed by atoms with Gasteiger partial charge in [-0.3, -0.25) is 0 Å². The molecule has 0 atom stereocenters. The summed E-state index contributed by atoms with van der Waals surface area (Å²) in [5, 5.41) is 2.06. The molecule has 0 aliphatic heterocycles. The minimum Gasteiger partial charge on any atom is -0.455 e. The highest BCUT2D eigenvalue weighted by molar-refractivity contribution is 6.12. The summed E-state index contributed by atoms with van der Waals surface area (Å²) in [4.78, 5) is 7.11. The Kier molecular flexibility index (Phi) is 7.43. The number of hydrogen-bond donors (Lipinski definition) is 0. The number of fused-ring (bicyclic) bond motifs is 4. The first-order chi connectivity index (χ1) is 26.2. The van der Waals surface area contributed by atoms with E-state index in [-0.39, 0.29) is 0 Å². The standard InChI is InChI=1S/C49H32N2O2/c1-4-11-33(12-5-1)35-19-25-39(26-20-35)51(40-27-21-36(22-28-40)34-13-6-2-7-14-34)41-29-23-37(24-30-41)42-17-10-18-43-44-31-45-47(32-46(44)52-48(42)43)53-49(50-45)38-15-8-3-9-16-38/h1-32H. The maximum absolute atomic E-state index is 6.57. The Labute approximate surface area is 306 Å². The van der Waals surface area contributed by atoms with Crippen molar-refractivity contribution in [3.8, 4) is 44.8 Å². The topological polar surface area (TPSA) is 42.4 Å². The molecule has 250 valence electrons. The van der Waals surface area contributed by atoms with Gasteiger partial charge in [0, 0.05) is 45.0 Å². The van der Waals surface area contributed by atoms with Crippen molar-refractivity contribution in [3.63, 3.8) is 0 Å². The Morgan fingerprint density at radius 3 is 1.40 bits per heavy atom. The van der Waals surface area contributed by atoms with Gasteiger partial charge in [0.1, 0.15) is 16.7 Å². The van der Waals surface area contributed by atoms with Crippen LogP contribution in [0.3, 0.4) is 0 Å². The van der Waals surface area contributed by atoms with Crippen molar-refractivity contribution in [1.82, 2.24) is 4.98 Å². The summed E-state index contributed by atoms with van der Waals surface area (Å²) in [6, 6.07) is 67.6. The number of oxazole rings is 1. The van der Waals surface area contributed by atoms with Gasteiger partial charge in [0.15, 0.2) is 5.58 Å². The fourth-order valence-electron chi connectivity index (χ4n) is 7.26. The van der Waals surface area contributed by atoms with Crippen LogP contribution in [0.15, 0.2) is 203 Å². The van der Waals surface area contributed by atoms with Gasteiger partial charge >= 0.3 is 0 Å². The summed E-state index contributed by atoms with van der Waals surface area (Å²) in [6.45, 7) is 0. The van der Waals surface area contributed by atoms with Crippen LogP contribution in [0.5, 0.6) is 0 Å². The minimum absolute atomic E-state index is 0.603. The number of para-hydroxylation sites is 1. The fourth-order valence-corrected chi connectivity index (χ4v) is 7.26. The monoisotopic (exact) mass is 680 g/mol. The molecule has 8 aromatic carbocycles. The molecule has 0 bridgehead atoms. The molecular formula is C49H32N2O2. The predicted molar refractivity (Wildman–Crippen MR) is 218 cm³/mol. The summed E-state index contributed by atoms with van der Waals surface area (Å²) < 4.78 is 12.7. The Morgan fingerprint density at radius 1 is 0.358 bits per heavy atom. The van der Waals surface area contributed by atoms with Crippen molar-refractivity contribution in [2.24, 2.45) is 0 Å². The quantitative estimate of drug-likeness (QED) is 0.168. The largest absolute Gasteiger partial charge is 0.455 e. The van der Waals surface area contributed by atoms with Crippen LogP contribution >= 0.6 is 0 Å². The number of benzene rings is 8. The second-order valence-electron chi connectivity index (χ2n) is 13.2. The van der Waals surface area contributed by atoms with Crippen LogP contribution in [0.25, 0.3) is 77.9 Å². The van der Waals surface area contributed by atoms with Crippen LogP contribution < -0.4 is 4.90 Å². The summed E-state index contributed by atoms with van der Waals surface area (Å²) >= 11 is 0. The highest BCUT2D eigenvalue weighted by atomic mass is 16.4. The molecule has 4 nitrogen and oxygen atoms in total. The van der Waals surface area contributed by atoms with E-state index in [1.165, 1.54) is 22.3 Å². The molecule has 0 N–H and O–H groups in total. The third-order valence-electron chi connectivity index (χ3n) is 9.93. The molecule has 0 unspecified atom stereocenters. The maximum Gasteiger partial charge on any atom is 0.227 e. The third kappa shape index (κ3) is 5.63. The first-order valence-electron chi connectivity index (χ1n) is 17.8. The molecular weight excluding hydrogens is 649 g/mol. The Bertz CT molecular complexity index is 2760. The molecule has 0 aliphatic rings. The maximum atomic E-state index is 6.57. The van der Waals surface area contributed by atoms with Crippen molar-refractivity contribution < 1.29 is 8.83 Å². The van der Waals surface area contributed by atoms with Gasteiger partial charge in [-0.25, -0.2) is 4.98 Å². The van der Waals surface area contributed by atoms with E-state index in [0.717, 1.165) is 61.2 Å². The van der Waals surface area contributed by atoms with E-state index in [0.29, 0.717) is 11.5 Å². The first kappa shape index (κ1) is 30.6. The lowest BCUT2D eigenvalue weighted by atomic mass is 10.0. The molecule has 0 fully saturated rings. The second kappa shape index (κ2) is 12.9. The molecule has 0 amide bonds. The Hall–Kier alpha value is -7.17. The highest BCUT2D eigenvalue weighted by Gasteiger charge is 2.18. The normalized spacial score (nSPS) is 11.4. The smallest absolute Gasteiger partial charge is 0.227 e. The van der Waals surface area contributed by atoms with Crippen LogP contribution in [-0.2, 0) is 0 Å². The van der Waals surface area contributed by atoms with E-state index >= 15 is 0 Å². The van der Waals surface area contributed by atoms with Gasteiger partial charge in [0.05, 0.1) is 0 Å². The van der Waals surface area contributed by atoms with Crippen LogP contribution in [0, 0.1) is 0 Å². The van der Waals surface area contributed by atoms with E-state index < -0.39 is 0 Å². The van der Waals surface area contributed by atoms with Crippen molar-refractivity contribution in [2.45, 2.75) is 0 Å². The fraction of sp³-hybridized carbons (Fsp3) is 0. The second-order valence-corrected chi connectivity index (χ2v) is 13.2. The average Bonchev–Trinajstić information content (AvgIpc) is 3.82. The highest BCUT2D eigenvalue weighted by Crippen LogP contribution is 2.41. The molecule has 4 heteroatoms. The SMILES string of the molecule is c1ccc(-c2ccc(N(c3ccc(-c4ccccc4)cc3)c3ccc(-c4cccc5c4oc4cc6oc(-c7ccccc7)nc6cc45)cc3)cc2)cc1. The van der Waals surface area contributed by atoms with Crippen LogP contribution in [0.4, 0.5) is 17.1 Å². The van der Waals surface area contributed by atoms with E-state index in [2.05, 4.69) is 150 Å². The lowest BCUT2D eigenvalue weighted by Gasteiger charge is -2.26. The molecule has 10 aromatic rings. The third-order valence-corrected chi connectivity index (χ3v) is 9.93. The lowest BCUT2D eigenvalue weighted by Crippen LogP contribution is -2.09. The van der Waals surface area contributed by atoms with Crippen molar-refractivity contribution in [2.75, 3.05) is 4.90 Å². The summed E-state index contributed by atoms with van der Waals surface area (Å²) in [6.07, 6.45) is 0. The molecule has 0 saturated heterocycles. The van der Waals surface area contributed by atoms with Gasteiger partial charge in [-0.05, 0) is 82.4 Å². The number of anilines is 3. The number of nitrogens with zero attached hydrogens (tertiary/aromatic N) is 2. The van der Waals surface area contributed by atoms with Gasteiger partial charge < -0.3 is 13.7 Å². The zero-order valence-corrected chi connectivity index (χ0v) is 28.7. The molecule has 2 heterocycles. The Balaban J connectivity index is 1.02. The van der Waals surface area contributed by atoms with Gasteiger partial charge in [-0.15, -0.1) is 0 Å². The van der Waals surface area contributed by atoms with E-state index in [1.54, 1.807) is 0 Å². The van der Waals surface area contributed by atoms with E-state index in [9.17, 15) is 0 Å².